The van der Waals surface area contributed by atoms with Crippen molar-refractivity contribution in [3.8, 4) is 0 Å². The lowest BCUT2D eigenvalue weighted by molar-refractivity contribution is -0.245. The van der Waals surface area contributed by atoms with Gasteiger partial charge in [0.25, 0.3) is 0 Å². The van der Waals surface area contributed by atoms with E-state index in [9.17, 15) is 15.3 Å². The molecule has 0 saturated carbocycles. The smallest absolute Gasteiger partial charge is 0.163 e. The average molecular weight is 310 g/mol. The van der Waals surface area contributed by atoms with Crippen LogP contribution >= 0.6 is 23.5 Å². The fourth-order valence-corrected chi connectivity index (χ4v) is 5.10. The Labute approximate surface area is 122 Å². The first-order chi connectivity index (χ1) is 8.91. The van der Waals surface area contributed by atoms with Crippen LogP contribution < -0.4 is 0 Å². The van der Waals surface area contributed by atoms with Crippen LogP contribution in [-0.2, 0) is 9.47 Å². The molecule has 2 aliphatic heterocycles. The summed E-state index contributed by atoms with van der Waals surface area (Å²) in [5.41, 5.74) is 0. The maximum Gasteiger partial charge on any atom is 0.163 e. The molecular formula is C12H22O5S2. The Morgan fingerprint density at radius 1 is 1.21 bits per heavy atom. The van der Waals surface area contributed by atoms with Gasteiger partial charge in [-0.1, -0.05) is 0 Å². The first-order valence-corrected chi connectivity index (χ1v) is 8.60. The summed E-state index contributed by atoms with van der Waals surface area (Å²) in [7, 11) is 0. The lowest BCUT2D eigenvalue weighted by Crippen LogP contribution is -2.50. The molecule has 0 aliphatic carbocycles. The molecule has 0 spiro atoms. The van der Waals surface area contributed by atoms with Crippen LogP contribution in [0, 0.1) is 0 Å². The van der Waals surface area contributed by atoms with Crippen molar-refractivity contribution in [2.45, 2.75) is 55.1 Å². The van der Waals surface area contributed by atoms with Crippen LogP contribution in [0.4, 0.5) is 0 Å². The predicted octanol–water partition coefficient (Wildman–Crippen LogP) is 0.417. The van der Waals surface area contributed by atoms with Crippen molar-refractivity contribution in [1.29, 1.82) is 0 Å². The van der Waals surface area contributed by atoms with Gasteiger partial charge in [-0.3, -0.25) is 0 Å². The van der Waals surface area contributed by atoms with Crippen LogP contribution in [0.1, 0.15) is 20.3 Å². The molecule has 0 bridgehead atoms. The highest BCUT2D eigenvalue weighted by molar-refractivity contribution is 8.17. The number of rotatable bonds is 2. The average Bonchev–Trinajstić information content (AvgIpc) is 2.51. The van der Waals surface area contributed by atoms with Crippen molar-refractivity contribution >= 4 is 23.5 Å². The van der Waals surface area contributed by atoms with E-state index in [1.54, 1.807) is 37.4 Å². The number of hydrogen-bond acceptors (Lipinski definition) is 7. The highest BCUT2D eigenvalue weighted by atomic mass is 32.2. The summed E-state index contributed by atoms with van der Waals surface area (Å²) < 4.78 is 11.0. The van der Waals surface area contributed by atoms with Gasteiger partial charge in [-0.05, 0) is 31.8 Å². The molecule has 0 aromatic heterocycles. The van der Waals surface area contributed by atoms with Gasteiger partial charge in [0.2, 0.25) is 0 Å². The second-order valence-electron chi connectivity index (χ2n) is 5.31. The lowest BCUT2D eigenvalue weighted by Gasteiger charge is -2.36. The topological polar surface area (TPSA) is 79.2 Å². The molecule has 19 heavy (non-hydrogen) atoms. The maximum absolute atomic E-state index is 10.5. The van der Waals surface area contributed by atoms with E-state index in [1.165, 1.54) is 0 Å². The van der Waals surface area contributed by atoms with Crippen LogP contribution in [0.2, 0.25) is 0 Å². The third kappa shape index (κ3) is 4.00. The Balaban J connectivity index is 2.09. The van der Waals surface area contributed by atoms with Gasteiger partial charge < -0.3 is 24.8 Å². The molecule has 2 fully saturated rings. The zero-order valence-electron chi connectivity index (χ0n) is 11.2. The minimum atomic E-state index is -1.14. The Bertz CT molecular complexity index is 296. The van der Waals surface area contributed by atoms with E-state index >= 15 is 0 Å². The van der Waals surface area contributed by atoms with E-state index in [-0.39, 0.29) is 11.2 Å². The maximum atomic E-state index is 10.5. The zero-order chi connectivity index (χ0) is 14.0. The largest absolute Gasteiger partial charge is 0.388 e. The van der Waals surface area contributed by atoms with Crippen molar-refractivity contribution in [3.05, 3.63) is 0 Å². The van der Waals surface area contributed by atoms with Crippen LogP contribution in [0.15, 0.2) is 0 Å². The molecule has 0 aromatic rings. The van der Waals surface area contributed by atoms with E-state index in [0.29, 0.717) is 0 Å². The highest BCUT2D eigenvalue weighted by Crippen LogP contribution is 2.37. The van der Waals surface area contributed by atoms with Crippen molar-refractivity contribution in [2.24, 2.45) is 0 Å². The summed E-state index contributed by atoms with van der Waals surface area (Å²) in [5, 5.41) is 30.4. The van der Waals surface area contributed by atoms with Crippen molar-refractivity contribution in [2.75, 3.05) is 18.1 Å². The van der Waals surface area contributed by atoms with Crippen LogP contribution in [0.3, 0.4) is 0 Å². The number of ether oxygens (including phenoxy) is 2. The zero-order valence-corrected chi connectivity index (χ0v) is 12.8. The van der Waals surface area contributed by atoms with Gasteiger partial charge in [-0.15, -0.1) is 23.5 Å². The number of aliphatic hydroxyl groups excluding tert-OH is 3. The van der Waals surface area contributed by atoms with Gasteiger partial charge >= 0.3 is 0 Å². The van der Waals surface area contributed by atoms with Crippen LogP contribution in [0.25, 0.3) is 0 Å². The van der Waals surface area contributed by atoms with E-state index < -0.39 is 30.2 Å². The number of aliphatic hydroxyl groups is 3. The van der Waals surface area contributed by atoms with Gasteiger partial charge in [0, 0.05) is 0 Å². The van der Waals surface area contributed by atoms with Crippen LogP contribution in [0.5, 0.6) is 0 Å². The van der Waals surface area contributed by atoms with E-state index in [0.717, 1.165) is 17.9 Å². The van der Waals surface area contributed by atoms with E-state index in [1.807, 2.05) is 0 Å². The summed E-state index contributed by atoms with van der Waals surface area (Å²) in [6.07, 6.45) is -2.72. The molecule has 2 saturated heterocycles. The van der Waals surface area contributed by atoms with Gasteiger partial charge in [0.1, 0.15) is 24.4 Å². The Morgan fingerprint density at radius 3 is 2.47 bits per heavy atom. The fourth-order valence-electron chi connectivity index (χ4n) is 2.16. The predicted molar refractivity (Wildman–Crippen MR) is 76.2 cm³/mol. The summed E-state index contributed by atoms with van der Waals surface area (Å²) >= 11 is 3.35. The quantitative estimate of drug-likeness (QED) is 0.682. The van der Waals surface area contributed by atoms with Crippen molar-refractivity contribution in [1.82, 2.24) is 0 Å². The van der Waals surface area contributed by atoms with Gasteiger partial charge in [-0.2, -0.15) is 0 Å². The third-order valence-corrected chi connectivity index (χ3v) is 6.30. The minimum Gasteiger partial charge on any atom is -0.388 e. The summed E-state index contributed by atoms with van der Waals surface area (Å²) in [4.78, 5) is 0. The normalized spacial score (nSPS) is 38.7. The number of thioether (sulfide) groups is 2. The van der Waals surface area contributed by atoms with E-state index in [2.05, 4.69) is 0 Å². The Morgan fingerprint density at radius 2 is 1.84 bits per heavy atom. The van der Waals surface area contributed by atoms with Gasteiger partial charge in [-0.25, -0.2) is 0 Å². The summed E-state index contributed by atoms with van der Waals surface area (Å²) in [5.74, 6) is 1.08. The molecule has 2 heterocycles. The van der Waals surface area contributed by atoms with E-state index in [4.69, 9.17) is 9.47 Å². The molecule has 0 aromatic carbocycles. The molecule has 0 amide bonds. The summed E-state index contributed by atoms with van der Waals surface area (Å²) in [6.45, 7) is 3.44. The molecule has 0 radical (unpaired) electrons. The van der Waals surface area contributed by atoms with Gasteiger partial charge in [0.15, 0.2) is 5.79 Å². The SMILES string of the molecule is CC1(C)OC[C@H](O)[C@@H](O)[C@@H]([C@H](O)C2SCCCS2)O1. The monoisotopic (exact) mass is 310 g/mol. The van der Waals surface area contributed by atoms with Gasteiger partial charge in [0.05, 0.1) is 11.2 Å². The molecule has 4 atom stereocenters. The first-order valence-electron chi connectivity index (χ1n) is 6.50. The first kappa shape index (κ1) is 15.9. The molecule has 2 aliphatic rings. The highest BCUT2D eigenvalue weighted by Gasteiger charge is 2.44. The molecule has 2 rings (SSSR count). The van der Waals surface area contributed by atoms with Crippen molar-refractivity contribution < 1.29 is 24.8 Å². The molecule has 112 valence electrons. The fraction of sp³-hybridized carbons (Fsp3) is 1.00. The molecule has 3 N–H and O–H groups in total. The number of hydrogen-bond donors (Lipinski definition) is 3. The Kier molecular flexibility index (Phi) is 5.44. The standard InChI is InChI=1S/C12H22O5S2/c1-12(2)16-6-7(13)8(14)10(17-12)9(15)11-18-4-3-5-19-11/h7-11,13-15H,3-6H2,1-2H3/t7-,8+,9-,10-/m0/s1. The third-order valence-electron chi connectivity index (χ3n) is 3.22. The Hall–Kier alpha value is 0.500. The molecule has 5 nitrogen and oxygen atoms in total. The second kappa shape index (κ2) is 6.51. The summed E-state index contributed by atoms with van der Waals surface area (Å²) in [6, 6.07) is 0. The second-order valence-corrected chi connectivity index (χ2v) is 8.10. The minimum absolute atomic E-state index is 0.00232. The molecular weight excluding hydrogens is 288 g/mol. The van der Waals surface area contributed by atoms with Crippen LogP contribution in [-0.4, -0.2) is 68.2 Å². The molecule has 7 heteroatoms. The van der Waals surface area contributed by atoms with Crippen molar-refractivity contribution in [3.63, 3.8) is 0 Å². The lowest BCUT2D eigenvalue weighted by atomic mass is 10.0. The molecule has 0 unspecified atom stereocenters.